The summed E-state index contributed by atoms with van der Waals surface area (Å²) >= 11 is 0. The minimum Gasteiger partial charge on any atom is -0.456 e. The Balaban J connectivity index is 1.06. The van der Waals surface area contributed by atoms with Crippen LogP contribution in [0.25, 0.3) is 144 Å². The highest BCUT2D eigenvalue weighted by Gasteiger charge is 2.47. The van der Waals surface area contributed by atoms with E-state index in [0.717, 1.165) is 53.3 Å². The molecule has 0 saturated heterocycles. The van der Waals surface area contributed by atoms with Crippen LogP contribution in [-0.4, -0.2) is 15.8 Å². The Morgan fingerprint density at radius 2 is 0.630 bits per heavy atom. The largest absolute Gasteiger partial charge is 0.456 e. The predicted molar refractivity (Wildman–Crippen MR) is 459 cm³/mol. The summed E-state index contributed by atoms with van der Waals surface area (Å²) in [6, 6.07) is 44.2. The molecule has 15 aromatic carbocycles. The van der Waals surface area contributed by atoms with Crippen LogP contribution >= 0.6 is 0 Å². The number of fused-ring (bicyclic) bond motifs is 26. The Labute approximate surface area is 661 Å². The number of rotatable bonds is 4. The molecule has 5 nitrogen and oxygen atoms in total. The van der Waals surface area contributed by atoms with Gasteiger partial charge in [0.15, 0.2) is 0 Å². The Hall–Kier alpha value is -12.6. The normalized spacial score (nSPS) is 16.0. The molecule has 0 N–H and O–H groups in total. The van der Waals surface area contributed by atoms with E-state index >= 15 is 0 Å². The molecule has 3 aliphatic rings. The van der Waals surface area contributed by atoms with Crippen LogP contribution in [0.1, 0.15) is 109 Å². The Morgan fingerprint density at radius 3 is 1.01 bits per heavy atom. The Bertz CT molecular complexity index is 7600. The van der Waals surface area contributed by atoms with E-state index in [9.17, 15) is 30.2 Å². The van der Waals surface area contributed by atoms with Crippen molar-refractivity contribution in [2.24, 2.45) is 0 Å². The van der Waals surface area contributed by atoms with Crippen molar-refractivity contribution in [2.75, 3.05) is 9.80 Å². The summed E-state index contributed by atoms with van der Waals surface area (Å²) in [6.45, 7) is 17.1. The van der Waals surface area contributed by atoms with Gasteiger partial charge in [-0.15, -0.1) is 0 Å². The molecule has 3 aliphatic heterocycles. The van der Waals surface area contributed by atoms with Gasteiger partial charge in [0.1, 0.15) is 11.2 Å². The van der Waals surface area contributed by atoms with Crippen LogP contribution in [0.3, 0.4) is 0 Å². The van der Waals surface area contributed by atoms with Crippen molar-refractivity contribution in [3.05, 3.63) is 332 Å². The molecule has 13 bridgehead atoms. The number of aromatic nitrogens is 2. The van der Waals surface area contributed by atoms with E-state index in [2.05, 4.69) is 90.1 Å². The average molecular weight is 1410 g/mol. The summed E-state index contributed by atoms with van der Waals surface area (Å²) < 4.78 is 232. The van der Waals surface area contributed by atoms with Crippen LogP contribution < -0.4 is 26.2 Å². The molecule has 0 spiro atoms. The van der Waals surface area contributed by atoms with Crippen LogP contribution in [0.5, 0.6) is 0 Å². The molecule has 0 aliphatic carbocycles. The van der Waals surface area contributed by atoms with Crippen LogP contribution in [0, 0.1) is 0 Å². The third-order valence-corrected chi connectivity index (χ3v) is 22.0. The molecule has 0 unspecified atom stereocenters. The molecule has 6 heterocycles. The smallest absolute Gasteiger partial charge is 0.252 e. The molecule has 516 valence electrons. The maximum atomic E-state index is 11.9. The topological polar surface area (TPSA) is 29.5 Å². The molecule has 18 aromatic rings. The second-order valence-corrected chi connectivity index (χ2v) is 31.6. The van der Waals surface area contributed by atoms with Gasteiger partial charge in [0, 0.05) is 88.7 Å². The van der Waals surface area contributed by atoms with Crippen molar-refractivity contribution in [1.82, 2.24) is 9.13 Å². The lowest BCUT2D eigenvalue weighted by Gasteiger charge is -2.47. The molecule has 0 radical (unpaired) electrons. The zero-order valence-electron chi connectivity index (χ0n) is 82.6. The molecule has 0 amide bonds. The van der Waals surface area contributed by atoms with Crippen LogP contribution in [0.4, 0.5) is 34.1 Å². The second kappa shape index (κ2) is 23.4. The summed E-state index contributed by atoms with van der Waals surface area (Å²) in [4.78, 5) is 3.83. The van der Waals surface area contributed by atoms with Gasteiger partial charge in [-0.1, -0.05) is 256 Å². The Kier molecular flexibility index (Phi) is 9.76. The van der Waals surface area contributed by atoms with Gasteiger partial charge in [-0.3, -0.25) is 0 Å². The fourth-order valence-electron chi connectivity index (χ4n) is 16.5. The van der Waals surface area contributed by atoms with E-state index in [1.54, 1.807) is 0 Å². The lowest BCUT2D eigenvalue weighted by Crippen LogP contribution is -2.61. The van der Waals surface area contributed by atoms with Gasteiger partial charge >= 0.3 is 0 Å². The van der Waals surface area contributed by atoms with Gasteiger partial charge in [0.05, 0.1) is 63.6 Å². The fraction of sp³-hybridized carbons (Fsp3) is 0.118. The van der Waals surface area contributed by atoms with Crippen molar-refractivity contribution >= 4 is 123 Å². The van der Waals surface area contributed by atoms with Crippen LogP contribution in [0.2, 0.25) is 0 Å². The number of hydrogen-bond donors (Lipinski definition) is 0. The molecule has 0 atom stereocenters. The summed E-state index contributed by atoms with van der Waals surface area (Å²) in [5.41, 5.74) is 7.67. The predicted octanol–water partition coefficient (Wildman–Crippen LogP) is 26.1. The number of hydrogen-bond acceptors (Lipinski definition) is 3. The van der Waals surface area contributed by atoms with Crippen molar-refractivity contribution in [1.29, 1.82) is 0 Å². The summed E-state index contributed by atoms with van der Waals surface area (Å²) in [5, 5.41) is 0.224. The maximum Gasteiger partial charge on any atom is 0.252 e. The standard InChI is InChI=1S/C102H79BN4O/c1-100(2,3)70-54-79(62-26-12-10-13-27-62)98-81(56-70)68-32-24-30-64(50-68)66-42-48-95-83(52-66)84-53-67(43-49-96(84)108-95)65-31-25-33-69(51-65)82-57-71(101(4,5)6)55-80(63-28-14-11-15-29-63)99(82)107-92-61-74(105-89-40-22-18-36-77(89)78-37-19-23-41-90(78)105)45-47-86(92)103-85-46-44-73(104-87-38-20-16-34-75(87)76-35-17-21-39-88(76)104)60-91(85)106(98)93-58-72(102(7,8)9)59-94(107)97(93)103/h10-61H,1-9H3/i16D,17D,18D,19D,20D,21D,22D,23D,34D,35D,36D,37D,38D,39D,40D,41D,44D,45D,46D,47D,60D,61D. The van der Waals surface area contributed by atoms with Gasteiger partial charge in [0.25, 0.3) is 6.71 Å². The van der Waals surface area contributed by atoms with E-state index in [0.29, 0.717) is 89.4 Å². The van der Waals surface area contributed by atoms with Crippen LogP contribution in [-0.2, 0) is 16.2 Å². The summed E-state index contributed by atoms with van der Waals surface area (Å²) in [6.07, 6.45) is 0. The second-order valence-electron chi connectivity index (χ2n) is 31.6. The van der Waals surface area contributed by atoms with Gasteiger partial charge in [-0.25, -0.2) is 0 Å². The van der Waals surface area contributed by atoms with Gasteiger partial charge in [-0.05, 0) is 215 Å². The quantitative estimate of drug-likeness (QED) is 0.165. The molecule has 3 aromatic heterocycles. The summed E-state index contributed by atoms with van der Waals surface area (Å²) in [5.74, 6) is 0. The SMILES string of the molecule is [2H]c1c([2H])c(-n2c3c([2H])c([2H])c([2H])c([2H])c3c3c([2H])c([2H])c([2H])c([2H])c32)c([2H])c2c1B1c3c4cc(C(C)(C)C)cc3N(c3c(-c5ccccc5)cc(C(C)(C)C)cc3-c3cccc(c3)-c3ccc5oc6ccc(cc6c5c3)-c3cccc(c3)-c3cc(C(C)(C)C)cc(-c5ccccc5)c3N42)c2c([2H])c(-n3c4c([2H])c([2H])c([2H])c([2H])c4c4c([2H])c([2H])c([2H])c([2H])c43)c([2H])c([2H])c21. The van der Waals surface area contributed by atoms with Gasteiger partial charge < -0.3 is 23.4 Å². The minimum atomic E-state index is -1.68. The molecular weight excluding hydrogens is 1310 g/mol. The zero-order chi connectivity index (χ0) is 91.9. The highest BCUT2D eigenvalue weighted by atomic mass is 16.3. The zero-order valence-corrected chi connectivity index (χ0v) is 60.6. The van der Waals surface area contributed by atoms with Crippen molar-refractivity contribution < 1.29 is 34.6 Å². The van der Waals surface area contributed by atoms with E-state index in [1.165, 1.54) is 0 Å². The van der Waals surface area contributed by atoms with E-state index < -0.39 is 189 Å². The molecule has 0 fully saturated rings. The molecule has 6 heteroatoms. The third kappa shape index (κ3) is 9.78. The molecule has 108 heavy (non-hydrogen) atoms. The number of furan rings is 1. The minimum absolute atomic E-state index is 0.167. The monoisotopic (exact) mass is 1410 g/mol. The summed E-state index contributed by atoms with van der Waals surface area (Å²) in [7, 11) is 0. The van der Waals surface area contributed by atoms with Gasteiger partial charge in [0.2, 0.25) is 0 Å². The van der Waals surface area contributed by atoms with E-state index in [4.69, 9.17) is 4.42 Å². The first-order chi connectivity index (χ1) is 61.6. The molecular formula is C102H79BN4O. The first-order valence-electron chi connectivity index (χ1n) is 47.4. The number of para-hydroxylation sites is 4. The first kappa shape index (κ1) is 45.0. The fourth-order valence-corrected chi connectivity index (χ4v) is 16.5. The van der Waals surface area contributed by atoms with Crippen molar-refractivity contribution in [3.63, 3.8) is 0 Å². The number of benzene rings is 15. The number of anilines is 6. The highest BCUT2D eigenvalue weighted by Crippen LogP contribution is 2.56. The highest BCUT2D eigenvalue weighted by molar-refractivity contribution is 7.00. The van der Waals surface area contributed by atoms with Gasteiger partial charge in [-0.2, -0.15) is 0 Å². The van der Waals surface area contributed by atoms with Crippen LogP contribution in [0.15, 0.2) is 319 Å². The maximum absolute atomic E-state index is 11.9. The van der Waals surface area contributed by atoms with Crippen molar-refractivity contribution in [2.45, 2.75) is 78.6 Å². The number of nitrogens with zero attached hydrogens (tertiary/aromatic N) is 4. The van der Waals surface area contributed by atoms with E-state index in [1.807, 2.05) is 164 Å². The lowest BCUT2D eigenvalue weighted by molar-refractivity contribution is 0.590. The first-order valence-corrected chi connectivity index (χ1v) is 36.4. The molecule has 0 saturated carbocycles. The van der Waals surface area contributed by atoms with Crippen molar-refractivity contribution in [3.8, 4) is 78.1 Å². The third-order valence-electron chi connectivity index (χ3n) is 22.0. The average Bonchev–Trinajstić information content (AvgIpc) is 0.829. The Morgan fingerprint density at radius 1 is 0.296 bits per heavy atom. The molecule has 21 rings (SSSR count). The lowest BCUT2D eigenvalue weighted by atomic mass is 9.33. The van der Waals surface area contributed by atoms with E-state index in [-0.39, 0.29) is 43.8 Å².